The summed E-state index contributed by atoms with van der Waals surface area (Å²) in [5.41, 5.74) is 1.41. The number of nitrogens with one attached hydrogen (secondary N) is 2. The molecule has 0 bridgehead atoms. The second-order valence-electron chi connectivity index (χ2n) is 8.21. The molecule has 2 aromatic carbocycles. The Bertz CT molecular complexity index is 1000. The zero-order valence-corrected chi connectivity index (χ0v) is 20.3. The lowest BCUT2D eigenvalue weighted by Gasteiger charge is -2.38. The Hall–Kier alpha value is -2.22. The van der Waals surface area contributed by atoms with Gasteiger partial charge < -0.3 is 20.5 Å². The maximum Gasteiger partial charge on any atom is 0.331 e. The first-order valence-electron chi connectivity index (χ1n) is 11.1. The number of halogens is 1. The van der Waals surface area contributed by atoms with Crippen molar-refractivity contribution in [2.24, 2.45) is 0 Å². The lowest BCUT2D eigenvalue weighted by atomic mass is 9.87. The fourth-order valence-corrected chi connectivity index (χ4v) is 4.76. The molecule has 3 atom stereocenters. The first-order valence-corrected chi connectivity index (χ1v) is 11.9. The molecule has 0 saturated carbocycles. The van der Waals surface area contributed by atoms with Gasteiger partial charge in [-0.2, -0.15) is 0 Å². The molecule has 32 heavy (non-hydrogen) atoms. The highest BCUT2D eigenvalue weighted by Crippen LogP contribution is 2.28. The minimum absolute atomic E-state index is 0.00304. The summed E-state index contributed by atoms with van der Waals surface area (Å²) in [7, 11) is 0. The van der Waals surface area contributed by atoms with Gasteiger partial charge in [-0.05, 0) is 47.7 Å². The maximum absolute atomic E-state index is 12.0. The zero-order chi connectivity index (χ0) is 23.3. The number of carbonyl (C=O) groups is 2. The average molecular weight is 503 g/mol. The van der Waals surface area contributed by atoms with Crippen molar-refractivity contribution in [2.75, 3.05) is 0 Å². The summed E-state index contributed by atoms with van der Waals surface area (Å²) >= 11 is 3.61. The quantitative estimate of drug-likeness (QED) is 0.467. The largest absolute Gasteiger partial charge is 0.478 e. The number of rotatable bonds is 9. The van der Waals surface area contributed by atoms with Crippen LogP contribution in [0.4, 0.5) is 0 Å². The standard InChI is InChI=1S/C25H31BrN2O4/c1-4-18(5-2)32-23-13-17(25(30)31)12-22(24(23)28-15(3)29)27-14-16-10-11-21(26)20-9-7-6-8-19(16)20/h6-11,13,18,22-24,27H,4-5,12,14H2,1-3H3,(H,28,29)(H,30,31)/t22-,23+,24+/m0/s1. The van der Waals surface area contributed by atoms with E-state index in [1.807, 2.05) is 32.0 Å². The predicted octanol–water partition coefficient (Wildman–Crippen LogP) is 4.55. The average Bonchev–Trinajstić information content (AvgIpc) is 2.78. The van der Waals surface area contributed by atoms with Crippen molar-refractivity contribution in [1.82, 2.24) is 10.6 Å². The Balaban J connectivity index is 1.89. The third kappa shape index (κ3) is 5.77. The van der Waals surface area contributed by atoms with Crippen LogP contribution in [0.5, 0.6) is 0 Å². The molecule has 1 amide bonds. The van der Waals surface area contributed by atoms with E-state index < -0.39 is 12.1 Å². The van der Waals surface area contributed by atoms with E-state index in [2.05, 4.69) is 44.8 Å². The van der Waals surface area contributed by atoms with Crippen molar-refractivity contribution < 1.29 is 19.4 Å². The van der Waals surface area contributed by atoms with E-state index in [1.165, 1.54) is 6.92 Å². The van der Waals surface area contributed by atoms with Gasteiger partial charge in [0.25, 0.3) is 0 Å². The summed E-state index contributed by atoms with van der Waals surface area (Å²) < 4.78 is 7.28. The fraction of sp³-hybridized carbons (Fsp3) is 0.440. The summed E-state index contributed by atoms with van der Waals surface area (Å²) in [6, 6.07) is 11.6. The van der Waals surface area contributed by atoms with Crippen LogP contribution < -0.4 is 10.6 Å². The third-order valence-electron chi connectivity index (χ3n) is 6.01. The number of fused-ring (bicyclic) bond motifs is 1. The molecule has 1 aliphatic carbocycles. The van der Waals surface area contributed by atoms with Gasteiger partial charge in [-0.1, -0.05) is 60.1 Å². The van der Waals surface area contributed by atoms with E-state index in [0.29, 0.717) is 18.5 Å². The Morgan fingerprint density at radius 1 is 1.16 bits per heavy atom. The van der Waals surface area contributed by atoms with Crippen molar-refractivity contribution in [1.29, 1.82) is 0 Å². The van der Waals surface area contributed by atoms with E-state index in [9.17, 15) is 14.7 Å². The molecular formula is C25H31BrN2O4. The Morgan fingerprint density at radius 2 is 1.84 bits per heavy atom. The van der Waals surface area contributed by atoms with Gasteiger partial charge in [0.2, 0.25) is 5.91 Å². The first kappa shape index (κ1) is 24.4. The highest BCUT2D eigenvalue weighted by atomic mass is 79.9. The van der Waals surface area contributed by atoms with Crippen LogP contribution in [0.3, 0.4) is 0 Å². The van der Waals surface area contributed by atoms with Gasteiger partial charge in [-0.25, -0.2) is 4.79 Å². The van der Waals surface area contributed by atoms with Crippen molar-refractivity contribution in [2.45, 2.75) is 70.9 Å². The number of amides is 1. The number of benzene rings is 2. The molecule has 6 nitrogen and oxygen atoms in total. The van der Waals surface area contributed by atoms with Gasteiger partial charge in [0.05, 0.1) is 18.2 Å². The van der Waals surface area contributed by atoms with Gasteiger partial charge in [-0.3, -0.25) is 4.79 Å². The highest BCUT2D eigenvalue weighted by molar-refractivity contribution is 9.10. The van der Waals surface area contributed by atoms with Gasteiger partial charge >= 0.3 is 5.97 Å². The van der Waals surface area contributed by atoms with Crippen LogP contribution in [0, 0.1) is 0 Å². The summed E-state index contributed by atoms with van der Waals surface area (Å²) in [5, 5.41) is 18.5. The molecule has 0 spiro atoms. The van der Waals surface area contributed by atoms with Crippen molar-refractivity contribution in [3.8, 4) is 0 Å². The minimum Gasteiger partial charge on any atom is -0.478 e. The topological polar surface area (TPSA) is 87.7 Å². The fourth-order valence-electron chi connectivity index (χ4n) is 4.29. The molecule has 0 radical (unpaired) electrons. The second-order valence-corrected chi connectivity index (χ2v) is 9.06. The lowest BCUT2D eigenvalue weighted by Crippen LogP contribution is -2.58. The molecule has 3 rings (SSSR count). The number of carboxylic acids is 1. The third-order valence-corrected chi connectivity index (χ3v) is 6.70. The molecule has 7 heteroatoms. The second kappa shape index (κ2) is 11.1. The summed E-state index contributed by atoms with van der Waals surface area (Å²) in [6.07, 6.45) is 3.09. The summed E-state index contributed by atoms with van der Waals surface area (Å²) in [6.45, 7) is 6.10. The number of ether oxygens (including phenoxy) is 1. The van der Waals surface area contributed by atoms with E-state index >= 15 is 0 Å². The van der Waals surface area contributed by atoms with Crippen molar-refractivity contribution >= 4 is 38.6 Å². The first-order chi connectivity index (χ1) is 15.3. The molecule has 0 fully saturated rings. The molecule has 0 saturated heterocycles. The number of hydrogen-bond acceptors (Lipinski definition) is 4. The van der Waals surface area contributed by atoms with Crippen LogP contribution in [0.1, 0.15) is 45.6 Å². The highest BCUT2D eigenvalue weighted by Gasteiger charge is 2.37. The summed E-state index contributed by atoms with van der Waals surface area (Å²) in [5.74, 6) is -1.12. The van der Waals surface area contributed by atoms with Gasteiger partial charge in [-0.15, -0.1) is 0 Å². The number of aliphatic carboxylic acids is 1. The molecule has 2 aromatic rings. The van der Waals surface area contributed by atoms with Crippen LogP contribution in [-0.4, -0.2) is 41.3 Å². The number of carboxylic acid groups (broad SMARTS) is 1. The van der Waals surface area contributed by atoms with Crippen LogP contribution in [0.25, 0.3) is 10.8 Å². The molecule has 172 valence electrons. The smallest absolute Gasteiger partial charge is 0.331 e. The molecule has 0 aromatic heterocycles. The van der Waals surface area contributed by atoms with Crippen LogP contribution in [0.15, 0.2) is 52.5 Å². The van der Waals surface area contributed by atoms with Crippen LogP contribution in [-0.2, 0) is 20.9 Å². The van der Waals surface area contributed by atoms with E-state index in [1.54, 1.807) is 6.08 Å². The van der Waals surface area contributed by atoms with Gasteiger partial charge in [0, 0.05) is 29.6 Å². The molecule has 0 heterocycles. The number of hydrogen-bond donors (Lipinski definition) is 3. The summed E-state index contributed by atoms with van der Waals surface area (Å²) in [4.78, 5) is 23.8. The van der Waals surface area contributed by atoms with Crippen LogP contribution in [0.2, 0.25) is 0 Å². The van der Waals surface area contributed by atoms with E-state index in [-0.39, 0.29) is 24.1 Å². The molecule has 1 aliphatic rings. The monoisotopic (exact) mass is 502 g/mol. The van der Waals surface area contributed by atoms with Crippen LogP contribution >= 0.6 is 15.9 Å². The molecule has 0 aliphatic heterocycles. The minimum atomic E-state index is -0.953. The molecular weight excluding hydrogens is 472 g/mol. The van der Waals surface area contributed by atoms with E-state index in [0.717, 1.165) is 33.7 Å². The maximum atomic E-state index is 12.0. The number of carbonyl (C=O) groups excluding carboxylic acids is 1. The molecule has 3 N–H and O–H groups in total. The molecule has 0 unspecified atom stereocenters. The normalized spacial score (nSPS) is 20.9. The Labute approximate surface area is 197 Å². The van der Waals surface area contributed by atoms with E-state index in [4.69, 9.17) is 4.74 Å². The Kier molecular flexibility index (Phi) is 8.45. The van der Waals surface area contributed by atoms with Crippen molar-refractivity contribution in [3.05, 3.63) is 58.1 Å². The lowest BCUT2D eigenvalue weighted by molar-refractivity contribution is -0.133. The SMILES string of the molecule is CCC(CC)O[C@@H]1C=C(C(=O)O)C[C@H](NCc2ccc(Br)c3ccccc23)[C@H]1NC(C)=O. The van der Waals surface area contributed by atoms with Gasteiger partial charge in [0.1, 0.15) is 0 Å². The Morgan fingerprint density at radius 3 is 2.47 bits per heavy atom. The van der Waals surface area contributed by atoms with Crippen molar-refractivity contribution in [3.63, 3.8) is 0 Å². The zero-order valence-electron chi connectivity index (χ0n) is 18.7. The predicted molar refractivity (Wildman–Crippen MR) is 129 cm³/mol. The van der Waals surface area contributed by atoms with Gasteiger partial charge in [0.15, 0.2) is 0 Å².